The van der Waals surface area contributed by atoms with Crippen molar-refractivity contribution in [1.29, 1.82) is 0 Å². The van der Waals surface area contributed by atoms with Crippen molar-refractivity contribution in [3.63, 3.8) is 0 Å². The molecule has 1 aliphatic rings. The molecule has 1 N–H and O–H groups in total. The molecule has 0 bridgehead atoms. The zero-order valence-corrected chi connectivity index (χ0v) is 7.16. The van der Waals surface area contributed by atoms with E-state index in [2.05, 4.69) is 4.74 Å². The lowest BCUT2D eigenvalue weighted by Crippen LogP contribution is -2.35. The predicted octanol–water partition coefficient (Wildman–Crippen LogP) is -0.0531. The summed E-state index contributed by atoms with van der Waals surface area (Å²) in [6.07, 6.45) is 0.713. The standard InChI is InChI=1S/C8H14O4/c1-11-8(10)7(9)6-3-2-4-12-5-6/h6-7,9H,2-5H2,1H3. The Bertz CT molecular complexity index is 151. The molecule has 1 fully saturated rings. The number of methoxy groups -OCH3 is 1. The van der Waals surface area contributed by atoms with Gasteiger partial charge in [-0.05, 0) is 12.8 Å². The van der Waals surface area contributed by atoms with E-state index in [1.165, 1.54) is 7.11 Å². The van der Waals surface area contributed by atoms with Crippen molar-refractivity contribution in [3.8, 4) is 0 Å². The SMILES string of the molecule is COC(=O)C(O)C1CCCOC1. The second kappa shape index (κ2) is 4.42. The lowest BCUT2D eigenvalue weighted by Gasteiger charge is -2.24. The van der Waals surface area contributed by atoms with E-state index >= 15 is 0 Å². The van der Waals surface area contributed by atoms with Crippen molar-refractivity contribution in [3.05, 3.63) is 0 Å². The molecule has 0 amide bonds. The highest BCUT2D eigenvalue weighted by atomic mass is 16.5. The van der Waals surface area contributed by atoms with E-state index in [1.54, 1.807) is 0 Å². The van der Waals surface area contributed by atoms with Gasteiger partial charge in [0.25, 0.3) is 0 Å². The quantitative estimate of drug-likeness (QED) is 0.596. The van der Waals surface area contributed by atoms with Gasteiger partial charge in [-0.2, -0.15) is 0 Å². The Morgan fingerprint density at radius 1 is 1.75 bits per heavy atom. The molecular weight excluding hydrogens is 160 g/mol. The molecule has 0 radical (unpaired) electrons. The van der Waals surface area contributed by atoms with Crippen LogP contribution in [0.4, 0.5) is 0 Å². The maximum Gasteiger partial charge on any atom is 0.335 e. The van der Waals surface area contributed by atoms with Crippen LogP contribution in [0.2, 0.25) is 0 Å². The van der Waals surface area contributed by atoms with Crippen molar-refractivity contribution in [1.82, 2.24) is 0 Å². The van der Waals surface area contributed by atoms with Crippen LogP contribution in [0.1, 0.15) is 12.8 Å². The third kappa shape index (κ3) is 2.19. The number of hydrogen-bond acceptors (Lipinski definition) is 4. The van der Waals surface area contributed by atoms with Crippen LogP contribution in [-0.2, 0) is 14.3 Å². The summed E-state index contributed by atoms with van der Waals surface area (Å²) >= 11 is 0. The smallest absolute Gasteiger partial charge is 0.335 e. The minimum absolute atomic E-state index is 0.0915. The van der Waals surface area contributed by atoms with E-state index in [9.17, 15) is 9.90 Å². The molecule has 0 aliphatic carbocycles. The Kier molecular flexibility index (Phi) is 3.49. The number of rotatable bonds is 2. The fraction of sp³-hybridized carbons (Fsp3) is 0.875. The van der Waals surface area contributed by atoms with Crippen molar-refractivity contribution in [2.75, 3.05) is 20.3 Å². The fourth-order valence-corrected chi connectivity index (χ4v) is 1.33. The summed E-state index contributed by atoms with van der Waals surface area (Å²) in [6, 6.07) is 0. The largest absolute Gasteiger partial charge is 0.467 e. The second-order valence-corrected chi connectivity index (χ2v) is 2.95. The highest BCUT2D eigenvalue weighted by Crippen LogP contribution is 2.17. The number of carbonyl (C=O) groups is 1. The lowest BCUT2D eigenvalue weighted by atomic mass is 9.96. The van der Waals surface area contributed by atoms with E-state index in [1.807, 2.05) is 0 Å². The maximum absolute atomic E-state index is 10.9. The van der Waals surface area contributed by atoms with Gasteiger partial charge in [0, 0.05) is 12.5 Å². The Morgan fingerprint density at radius 2 is 2.50 bits per heavy atom. The molecule has 0 spiro atoms. The Hall–Kier alpha value is -0.610. The summed E-state index contributed by atoms with van der Waals surface area (Å²) in [6.45, 7) is 1.18. The van der Waals surface area contributed by atoms with E-state index in [-0.39, 0.29) is 5.92 Å². The molecule has 12 heavy (non-hydrogen) atoms. The molecule has 1 rings (SSSR count). The Balaban J connectivity index is 2.39. The number of esters is 1. The van der Waals surface area contributed by atoms with Crippen LogP contribution in [0.15, 0.2) is 0 Å². The van der Waals surface area contributed by atoms with Crippen LogP contribution in [0.3, 0.4) is 0 Å². The Labute approximate surface area is 71.5 Å². The van der Waals surface area contributed by atoms with E-state index < -0.39 is 12.1 Å². The minimum atomic E-state index is -1.02. The molecule has 1 aliphatic heterocycles. The lowest BCUT2D eigenvalue weighted by molar-refractivity contribution is -0.156. The van der Waals surface area contributed by atoms with Gasteiger partial charge in [0.2, 0.25) is 0 Å². The first-order valence-electron chi connectivity index (χ1n) is 4.09. The van der Waals surface area contributed by atoms with Gasteiger partial charge in [0.15, 0.2) is 6.10 Å². The first kappa shape index (κ1) is 9.48. The molecule has 0 aromatic heterocycles. The molecule has 0 saturated carbocycles. The molecule has 1 saturated heterocycles. The highest BCUT2D eigenvalue weighted by Gasteiger charge is 2.28. The first-order chi connectivity index (χ1) is 5.75. The highest BCUT2D eigenvalue weighted by molar-refractivity contribution is 5.74. The van der Waals surface area contributed by atoms with Gasteiger partial charge in [-0.1, -0.05) is 0 Å². The summed E-state index contributed by atoms with van der Waals surface area (Å²) in [4.78, 5) is 10.9. The summed E-state index contributed by atoms with van der Waals surface area (Å²) in [7, 11) is 1.27. The zero-order valence-electron chi connectivity index (χ0n) is 7.16. The van der Waals surface area contributed by atoms with Crippen molar-refractivity contribution in [2.45, 2.75) is 18.9 Å². The minimum Gasteiger partial charge on any atom is -0.467 e. The summed E-state index contributed by atoms with van der Waals surface area (Å²) in [5.74, 6) is -0.656. The van der Waals surface area contributed by atoms with Crippen LogP contribution < -0.4 is 0 Å². The van der Waals surface area contributed by atoms with Crippen LogP contribution in [0.25, 0.3) is 0 Å². The van der Waals surface area contributed by atoms with Crippen LogP contribution in [-0.4, -0.2) is 37.5 Å². The molecule has 4 nitrogen and oxygen atoms in total. The molecular formula is C8H14O4. The molecule has 2 unspecified atom stereocenters. The zero-order chi connectivity index (χ0) is 8.97. The van der Waals surface area contributed by atoms with Gasteiger partial charge >= 0.3 is 5.97 Å². The summed E-state index contributed by atoms with van der Waals surface area (Å²) in [5, 5.41) is 9.39. The topological polar surface area (TPSA) is 55.8 Å². The molecule has 4 heteroatoms. The van der Waals surface area contributed by atoms with E-state index in [0.29, 0.717) is 6.61 Å². The number of hydrogen-bond donors (Lipinski definition) is 1. The fourth-order valence-electron chi connectivity index (χ4n) is 1.33. The van der Waals surface area contributed by atoms with Gasteiger partial charge < -0.3 is 14.6 Å². The average molecular weight is 174 g/mol. The summed E-state index contributed by atoms with van der Waals surface area (Å²) in [5.41, 5.74) is 0. The molecule has 70 valence electrons. The third-order valence-electron chi connectivity index (χ3n) is 2.08. The summed E-state index contributed by atoms with van der Waals surface area (Å²) < 4.78 is 9.55. The van der Waals surface area contributed by atoms with Gasteiger partial charge in [-0.25, -0.2) is 4.79 Å². The second-order valence-electron chi connectivity index (χ2n) is 2.95. The molecule has 2 atom stereocenters. The predicted molar refractivity (Wildman–Crippen MR) is 41.6 cm³/mol. The maximum atomic E-state index is 10.9. The third-order valence-corrected chi connectivity index (χ3v) is 2.08. The van der Waals surface area contributed by atoms with Gasteiger partial charge in [-0.3, -0.25) is 0 Å². The molecule has 1 heterocycles. The van der Waals surface area contributed by atoms with Crippen LogP contribution >= 0.6 is 0 Å². The van der Waals surface area contributed by atoms with Gasteiger partial charge in [-0.15, -0.1) is 0 Å². The van der Waals surface area contributed by atoms with Crippen molar-refractivity contribution in [2.24, 2.45) is 5.92 Å². The van der Waals surface area contributed by atoms with Crippen LogP contribution in [0, 0.1) is 5.92 Å². The number of aliphatic hydroxyl groups excluding tert-OH is 1. The van der Waals surface area contributed by atoms with Gasteiger partial charge in [0.1, 0.15) is 0 Å². The monoisotopic (exact) mass is 174 g/mol. The van der Waals surface area contributed by atoms with E-state index in [0.717, 1.165) is 19.4 Å². The first-order valence-corrected chi connectivity index (χ1v) is 4.09. The Morgan fingerprint density at radius 3 is 3.00 bits per heavy atom. The number of aliphatic hydroxyl groups is 1. The number of ether oxygens (including phenoxy) is 2. The normalized spacial score (nSPS) is 26.3. The van der Waals surface area contributed by atoms with Crippen molar-refractivity contribution < 1.29 is 19.4 Å². The van der Waals surface area contributed by atoms with E-state index in [4.69, 9.17) is 4.74 Å². The molecule has 0 aromatic rings. The molecule has 0 aromatic carbocycles. The average Bonchev–Trinajstić information content (AvgIpc) is 2.17. The van der Waals surface area contributed by atoms with Crippen LogP contribution in [0.5, 0.6) is 0 Å². The van der Waals surface area contributed by atoms with Crippen molar-refractivity contribution >= 4 is 5.97 Å². The number of carbonyl (C=O) groups excluding carboxylic acids is 1. The van der Waals surface area contributed by atoms with Gasteiger partial charge in [0.05, 0.1) is 13.7 Å².